The van der Waals surface area contributed by atoms with Gasteiger partial charge in [-0.1, -0.05) is 12.1 Å². The Kier molecular flexibility index (Phi) is 8.86. The van der Waals surface area contributed by atoms with Crippen molar-refractivity contribution >= 4 is 23.8 Å². The van der Waals surface area contributed by atoms with E-state index < -0.39 is 46.4 Å². The van der Waals surface area contributed by atoms with Gasteiger partial charge in [0.25, 0.3) is 0 Å². The highest BCUT2D eigenvalue weighted by molar-refractivity contribution is 6.03. The molecule has 3 aliphatic rings. The summed E-state index contributed by atoms with van der Waals surface area (Å²) in [5.41, 5.74) is -1.10. The zero-order valence-corrected chi connectivity index (χ0v) is 26.4. The minimum atomic E-state index is -1.14. The van der Waals surface area contributed by atoms with Crippen LogP contribution in [0, 0.1) is 29.8 Å². The number of carboxylic acid groups (broad SMARTS) is 1. The Morgan fingerprint density at radius 2 is 1.91 bits per heavy atom. The number of carbonyl (C=O) groups excluding carboxylic acids is 2. The number of pyridine rings is 1. The summed E-state index contributed by atoms with van der Waals surface area (Å²) < 4.78 is 49.0. The predicted molar refractivity (Wildman–Crippen MR) is 161 cm³/mol. The molecule has 0 spiro atoms. The summed E-state index contributed by atoms with van der Waals surface area (Å²) in [6.07, 6.45) is 0.851. The number of hydrogen-bond acceptors (Lipinski definition) is 8. The Morgan fingerprint density at radius 1 is 1.17 bits per heavy atom. The largest absolute Gasteiger partial charge is 0.481 e. The Morgan fingerprint density at radius 3 is 2.59 bits per heavy atom. The Hall–Kier alpha value is -4.46. The summed E-state index contributed by atoms with van der Waals surface area (Å²) in [4.78, 5) is 52.5. The van der Waals surface area contributed by atoms with Crippen LogP contribution in [-0.2, 0) is 14.3 Å². The van der Waals surface area contributed by atoms with Crippen LogP contribution in [0.5, 0.6) is 0 Å². The number of amidine groups is 1. The number of nitrogens with zero attached hydrogens (tertiary/aromatic N) is 5. The molecule has 11 nitrogen and oxygen atoms in total. The minimum absolute atomic E-state index is 0.0394. The highest BCUT2D eigenvalue weighted by Crippen LogP contribution is 2.37. The van der Waals surface area contributed by atoms with Crippen LogP contribution in [0.4, 0.5) is 18.0 Å². The second-order valence-corrected chi connectivity index (χ2v) is 12.7. The lowest BCUT2D eigenvalue weighted by molar-refractivity contribution is -0.147. The van der Waals surface area contributed by atoms with Crippen molar-refractivity contribution in [1.82, 2.24) is 25.0 Å². The predicted octanol–water partition coefficient (Wildman–Crippen LogP) is 3.64. The molecule has 1 unspecified atom stereocenters. The van der Waals surface area contributed by atoms with E-state index in [9.17, 15) is 28.3 Å². The van der Waals surface area contributed by atoms with E-state index >= 15 is 4.39 Å². The first-order chi connectivity index (χ1) is 21.6. The van der Waals surface area contributed by atoms with Crippen molar-refractivity contribution in [1.29, 1.82) is 0 Å². The third kappa shape index (κ3) is 6.17. The highest BCUT2D eigenvalue weighted by atomic mass is 19.1. The minimum Gasteiger partial charge on any atom is -0.481 e. The third-order valence-corrected chi connectivity index (χ3v) is 8.69. The maximum Gasteiger partial charge on any atom is 0.338 e. The number of rotatable bonds is 9. The molecule has 0 aliphatic carbocycles. The molecule has 14 heteroatoms. The number of carbonyl (C=O) groups is 3. The van der Waals surface area contributed by atoms with Gasteiger partial charge in [0.15, 0.2) is 11.7 Å². The Bertz CT molecular complexity index is 1650. The molecule has 0 radical (unpaired) electrons. The van der Waals surface area contributed by atoms with Crippen molar-refractivity contribution in [3.05, 3.63) is 76.0 Å². The highest BCUT2D eigenvalue weighted by Gasteiger charge is 2.51. The summed E-state index contributed by atoms with van der Waals surface area (Å²) in [6, 6.07) is 3.72. The number of ether oxygens (including phenoxy) is 1. The number of amides is 2. The van der Waals surface area contributed by atoms with Gasteiger partial charge >= 0.3 is 18.0 Å². The summed E-state index contributed by atoms with van der Waals surface area (Å²) in [6.45, 7) is 9.86. The molecule has 4 heterocycles. The van der Waals surface area contributed by atoms with Crippen LogP contribution in [-0.4, -0.2) is 100 Å². The molecule has 2 fully saturated rings. The normalized spacial score (nSPS) is 22.0. The number of piperazine rings is 1. The number of nitrogens with one attached hydrogen (secondary N) is 1. The SMILES string of the molecule is CCOC(=O)C1=C(CN2CCN3C(=O)N(CC(C)(C)C(=O)O)C[C@]3(C)C2)NC(c2ncc(F)cc2F)=NC1c1cccc(F)c1C. The van der Waals surface area contributed by atoms with Gasteiger partial charge in [-0.2, -0.15) is 0 Å². The lowest BCUT2D eigenvalue weighted by Crippen LogP contribution is -2.60. The molecule has 2 atom stereocenters. The summed E-state index contributed by atoms with van der Waals surface area (Å²) in [7, 11) is 0. The maximum atomic E-state index is 15.0. The van der Waals surface area contributed by atoms with Gasteiger partial charge in [-0.25, -0.2) is 27.7 Å². The topological polar surface area (TPSA) is 128 Å². The van der Waals surface area contributed by atoms with Gasteiger partial charge in [0.1, 0.15) is 23.4 Å². The Labute approximate surface area is 264 Å². The summed E-state index contributed by atoms with van der Waals surface area (Å²) >= 11 is 0. The number of carboxylic acids is 1. The van der Waals surface area contributed by atoms with Crippen LogP contribution in [0.2, 0.25) is 0 Å². The molecule has 2 saturated heterocycles. The van der Waals surface area contributed by atoms with Crippen LogP contribution >= 0.6 is 0 Å². The molecule has 46 heavy (non-hydrogen) atoms. The first kappa shape index (κ1) is 32.9. The number of halogens is 3. The van der Waals surface area contributed by atoms with Crippen molar-refractivity contribution in [3.63, 3.8) is 0 Å². The van der Waals surface area contributed by atoms with Crippen molar-refractivity contribution in [2.75, 3.05) is 45.9 Å². The molecule has 2 N–H and O–H groups in total. The number of aliphatic imine (C=N–C) groups is 1. The van der Waals surface area contributed by atoms with Gasteiger partial charge in [0.2, 0.25) is 0 Å². The van der Waals surface area contributed by atoms with Crippen LogP contribution in [0.1, 0.15) is 50.6 Å². The Balaban J connectivity index is 1.53. The van der Waals surface area contributed by atoms with Crippen LogP contribution in [0.15, 0.2) is 46.7 Å². The van der Waals surface area contributed by atoms with E-state index in [-0.39, 0.29) is 48.4 Å². The standard InChI is InChI=1S/C32H37F3N6O5/c1-6-46-28(42)24-23(14-39-10-11-41-30(45)40(17-32(41,5)16-39)15-31(3,4)29(43)44)37-27(26-22(35)12-19(33)13-36-26)38-25(24)20-8-7-9-21(34)18(20)2/h7-9,12-13,25H,6,10-11,14-17H2,1-5H3,(H,37,38)(H,43,44)/t25?,32-/m0/s1. The van der Waals surface area contributed by atoms with Crippen molar-refractivity contribution in [3.8, 4) is 0 Å². The van der Waals surface area contributed by atoms with Gasteiger partial charge in [-0.15, -0.1) is 0 Å². The zero-order valence-electron chi connectivity index (χ0n) is 26.4. The van der Waals surface area contributed by atoms with Crippen molar-refractivity contribution < 1.29 is 37.4 Å². The number of urea groups is 1. The van der Waals surface area contributed by atoms with Gasteiger partial charge in [0.05, 0.1) is 29.3 Å². The van der Waals surface area contributed by atoms with Crippen LogP contribution in [0.3, 0.4) is 0 Å². The van der Waals surface area contributed by atoms with E-state index in [1.165, 1.54) is 12.1 Å². The fourth-order valence-electron chi connectivity index (χ4n) is 6.32. The average Bonchev–Trinajstić information content (AvgIpc) is 3.21. The first-order valence-electron chi connectivity index (χ1n) is 15.0. The van der Waals surface area contributed by atoms with E-state index in [2.05, 4.69) is 15.3 Å². The fraction of sp³-hybridized carbons (Fsp3) is 0.469. The molecule has 2 amide bonds. The van der Waals surface area contributed by atoms with Gasteiger partial charge in [0, 0.05) is 51.0 Å². The van der Waals surface area contributed by atoms with Crippen molar-refractivity contribution in [2.24, 2.45) is 10.4 Å². The molecule has 246 valence electrons. The lowest BCUT2D eigenvalue weighted by atomic mass is 9.91. The van der Waals surface area contributed by atoms with E-state index in [0.717, 1.165) is 6.20 Å². The second kappa shape index (κ2) is 12.4. The monoisotopic (exact) mass is 642 g/mol. The molecule has 3 aliphatic heterocycles. The van der Waals surface area contributed by atoms with E-state index in [4.69, 9.17) is 4.74 Å². The average molecular weight is 643 g/mol. The van der Waals surface area contributed by atoms with E-state index in [1.54, 1.807) is 43.6 Å². The molecule has 1 aromatic heterocycles. The number of benzene rings is 1. The van der Waals surface area contributed by atoms with E-state index in [1.807, 2.05) is 11.8 Å². The fourth-order valence-corrected chi connectivity index (χ4v) is 6.32. The number of fused-ring (bicyclic) bond motifs is 1. The molecule has 0 bridgehead atoms. The molecule has 0 saturated carbocycles. The zero-order chi connectivity index (χ0) is 33.6. The maximum absolute atomic E-state index is 15.0. The number of esters is 1. The molecular formula is C32H37F3N6O5. The van der Waals surface area contributed by atoms with Gasteiger partial charge < -0.3 is 25.0 Å². The third-order valence-electron chi connectivity index (χ3n) is 8.69. The lowest BCUT2D eigenvalue weighted by Gasteiger charge is -2.44. The number of aromatic nitrogens is 1. The second-order valence-electron chi connectivity index (χ2n) is 12.7. The van der Waals surface area contributed by atoms with Crippen LogP contribution < -0.4 is 5.32 Å². The van der Waals surface area contributed by atoms with Gasteiger partial charge in [-0.05, 0) is 51.8 Å². The first-order valence-corrected chi connectivity index (χ1v) is 15.0. The summed E-state index contributed by atoms with van der Waals surface area (Å²) in [5.74, 6) is -4.15. The van der Waals surface area contributed by atoms with Gasteiger partial charge in [-0.3, -0.25) is 14.7 Å². The molecular weight excluding hydrogens is 605 g/mol. The van der Waals surface area contributed by atoms with E-state index in [0.29, 0.717) is 43.5 Å². The smallest absolute Gasteiger partial charge is 0.338 e. The molecule has 2 aromatic rings. The number of aliphatic carboxylic acids is 1. The van der Waals surface area contributed by atoms with Crippen molar-refractivity contribution in [2.45, 2.75) is 46.2 Å². The molecule has 1 aromatic carbocycles. The summed E-state index contributed by atoms with van der Waals surface area (Å²) in [5, 5.41) is 12.7. The molecule has 5 rings (SSSR count). The number of hydrogen-bond donors (Lipinski definition) is 2. The van der Waals surface area contributed by atoms with Crippen LogP contribution in [0.25, 0.3) is 0 Å². The quantitative estimate of drug-likeness (QED) is 0.397.